The van der Waals surface area contributed by atoms with Crippen molar-refractivity contribution in [3.05, 3.63) is 35.4 Å². The van der Waals surface area contributed by atoms with Crippen LogP contribution in [0.2, 0.25) is 0 Å². The van der Waals surface area contributed by atoms with Crippen LogP contribution in [0.5, 0.6) is 0 Å². The van der Waals surface area contributed by atoms with Gasteiger partial charge in [-0.15, -0.1) is 0 Å². The van der Waals surface area contributed by atoms with Crippen LogP contribution in [-0.4, -0.2) is 11.6 Å². The van der Waals surface area contributed by atoms with E-state index in [1.165, 1.54) is 12.1 Å². The fourth-order valence-corrected chi connectivity index (χ4v) is 2.31. The highest BCUT2D eigenvalue weighted by Crippen LogP contribution is 2.30. The summed E-state index contributed by atoms with van der Waals surface area (Å²) < 4.78 is 37.2. The molecule has 0 spiro atoms. The van der Waals surface area contributed by atoms with Gasteiger partial charge in [-0.05, 0) is 25.0 Å². The summed E-state index contributed by atoms with van der Waals surface area (Å²) in [5.74, 6) is -0.559. The Labute approximate surface area is 108 Å². The lowest BCUT2D eigenvalue weighted by molar-refractivity contribution is -0.137. The van der Waals surface area contributed by atoms with E-state index >= 15 is 0 Å². The van der Waals surface area contributed by atoms with Crippen LogP contribution in [0, 0.1) is 5.92 Å². The second-order valence-electron chi connectivity index (χ2n) is 4.77. The van der Waals surface area contributed by atoms with E-state index in [0.29, 0.717) is 19.3 Å². The second kappa shape index (κ2) is 5.15. The summed E-state index contributed by atoms with van der Waals surface area (Å²) in [4.78, 5) is 23.4. The van der Waals surface area contributed by atoms with Gasteiger partial charge in [0, 0.05) is 24.3 Å². The fraction of sp³-hybridized carbons (Fsp3) is 0.429. The van der Waals surface area contributed by atoms with Gasteiger partial charge in [-0.25, -0.2) is 0 Å². The molecule has 0 aromatic heterocycles. The average Bonchev–Trinajstić information content (AvgIpc) is 2.37. The van der Waals surface area contributed by atoms with E-state index in [4.69, 9.17) is 0 Å². The van der Waals surface area contributed by atoms with Crippen LogP contribution >= 0.6 is 0 Å². The first-order valence-electron chi connectivity index (χ1n) is 6.11. The molecule has 0 N–H and O–H groups in total. The number of alkyl halides is 3. The zero-order valence-corrected chi connectivity index (χ0v) is 10.2. The first-order chi connectivity index (χ1) is 8.88. The lowest BCUT2D eigenvalue weighted by Crippen LogP contribution is -2.23. The first-order valence-corrected chi connectivity index (χ1v) is 6.11. The van der Waals surface area contributed by atoms with Gasteiger partial charge in [0.05, 0.1) is 5.56 Å². The summed E-state index contributed by atoms with van der Waals surface area (Å²) in [5, 5.41) is 0. The van der Waals surface area contributed by atoms with Crippen molar-refractivity contribution >= 4 is 11.6 Å². The molecule has 5 heteroatoms. The molecule has 1 fully saturated rings. The fourth-order valence-electron chi connectivity index (χ4n) is 2.31. The molecule has 1 saturated carbocycles. The number of halogens is 3. The van der Waals surface area contributed by atoms with Crippen molar-refractivity contribution in [3.8, 4) is 0 Å². The highest BCUT2D eigenvalue weighted by molar-refractivity contribution is 6.00. The minimum Gasteiger partial charge on any atom is -0.300 e. The van der Waals surface area contributed by atoms with Crippen molar-refractivity contribution in [2.24, 2.45) is 5.92 Å². The van der Waals surface area contributed by atoms with Crippen molar-refractivity contribution in [2.45, 2.75) is 31.9 Å². The number of carbonyl (C=O) groups is 2. The number of benzene rings is 1. The molecule has 0 aliphatic heterocycles. The van der Waals surface area contributed by atoms with E-state index in [9.17, 15) is 22.8 Å². The van der Waals surface area contributed by atoms with Crippen LogP contribution in [0.1, 0.15) is 41.6 Å². The van der Waals surface area contributed by atoms with Gasteiger partial charge < -0.3 is 0 Å². The Morgan fingerprint density at radius 3 is 2.32 bits per heavy atom. The van der Waals surface area contributed by atoms with Gasteiger partial charge in [0.2, 0.25) is 0 Å². The van der Waals surface area contributed by atoms with Gasteiger partial charge >= 0.3 is 6.18 Å². The maximum atomic E-state index is 12.4. The molecule has 1 aliphatic carbocycles. The van der Waals surface area contributed by atoms with Gasteiger partial charge in [0.15, 0.2) is 5.78 Å². The predicted octanol–water partition coefficient (Wildman–Crippen LogP) is 3.65. The molecule has 1 unspecified atom stereocenters. The van der Waals surface area contributed by atoms with Crippen LogP contribution < -0.4 is 0 Å². The predicted molar refractivity (Wildman–Crippen MR) is 62.7 cm³/mol. The average molecular weight is 270 g/mol. The highest BCUT2D eigenvalue weighted by atomic mass is 19.4. The molecule has 1 aliphatic rings. The molecule has 102 valence electrons. The SMILES string of the molecule is O=C1CCCC(C(=O)c2ccc(C(F)(F)F)cc2)C1. The molecule has 0 heterocycles. The number of carbonyl (C=O) groups excluding carboxylic acids is 2. The number of hydrogen-bond donors (Lipinski definition) is 0. The number of rotatable bonds is 2. The Hall–Kier alpha value is -1.65. The van der Waals surface area contributed by atoms with Crippen LogP contribution in [0.25, 0.3) is 0 Å². The molecule has 1 aromatic rings. The Bertz CT molecular complexity index is 488. The second-order valence-corrected chi connectivity index (χ2v) is 4.77. The quantitative estimate of drug-likeness (QED) is 0.769. The topological polar surface area (TPSA) is 34.1 Å². The summed E-state index contributed by atoms with van der Waals surface area (Å²) in [5.41, 5.74) is -0.531. The Morgan fingerprint density at radius 1 is 1.16 bits per heavy atom. The standard InChI is InChI=1S/C14H13F3O2/c15-14(16,17)11-6-4-9(5-7-11)13(19)10-2-1-3-12(18)8-10/h4-7,10H,1-3,8H2. The molecule has 1 atom stereocenters. The van der Waals surface area contributed by atoms with Gasteiger partial charge in [0.1, 0.15) is 5.78 Å². The van der Waals surface area contributed by atoms with E-state index in [-0.39, 0.29) is 29.5 Å². The van der Waals surface area contributed by atoms with Crippen LogP contribution in [0.15, 0.2) is 24.3 Å². The summed E-state index contributed by atoms with van der Waals surface area (Å²) in [6, 6.07) is 4.17. The first kappa shape index (κ1) is 13.8. The third kappa shape index (κ3) is 3.22. The molecule has 0 saturated heterocycles. The third-order valence-electron chi connectivity index (χ3n) is 3.35. The smallest absolute Gasteiger partial charge is 0.300 e. The van der Waals surface area contributed by atoms with E-state index in [0.717, 1.165) is 12.1 Å². The number of ketones is 2. The van der Waals surface area contributed by atoms with Crippen molar-refractivity contribution in [1.29, 1.82) is 0 Å². The maximum Gasteiger partial charge on any atom is 0.416 e. The van der Waals surface area contributed by atoms with Crippen molar-refractivity contribution in [1.82, 2.24) is 0 Å². The Balaban J connectivity index is 2.13. The van der Waals surface area contributed by atoms with Gasteiger partial charge in [0.25, 0.3) is 0 Å². The minimum absolute atomic E-state index is 0.0523. The molecule has 1 aromatic carbocycles. The number of hydrogen-bond acceptors (Lipinski definition) is 2. The lowest BCUT2D eigenvalue weighted by atomic mass is 9.83. The molecule has 2 nitrogen and oxygen atoms in total. The molecule has 0 amide bonds. The highest BCUT2D eigenvalue weighted by Gasteiger charge is 2.31. The molecule has 0 bridgehead atoms. The molecular weight excluding hydrogens is 257 g/mol. The van der Waals surface area contributed by atoms with Crippen LogP contribution in [0.4, 0.5) is 13.2 Å². The monoisotopic (exact) mass is 270 g/mol. The largest absolute Gasteiger partial charge is 0.416 e. The minimum atomic E-state index is -4.40. The van der Waals surface area contributed by atoms with Crippen LogP contribution in [0.3, 0.4) is 0 Å². The molecule has 19 heavy (non-hydrogen) atoms. The zero-order valence-electron chi connectivity index (χ0n) is 10.2. The van der Waals surface area contributed by atoms with Crippen LogP contribution in [-0.2, 0) is 11.0 Å². The Morgan fingerprint density at radius 2 is 1.79 bits per heavy atom. The normalized spacial score (nSPS) is 20.4. The van der Waals surface area contributed by atoms with E-state index in [2.05, 4.69) is 0 Å². The third-order valence-corrected chi connectivity index (χ3v) is 3.35. The summed E-state index contributed by atoms with van der Waals surface area (Å²) in [6.07, 6.45) is -2.39. The molecule has 0 radical (unpaired) electrons. The van der Waals surface area contributed by atoms with Gasteiger partial charge in [-0.3, -0.25) is 9.59 Å². The lowest BCUT2D eigenvalue weighted by Gasteiger charge is -2.19. The zero-order chi connectivity index (χ0) is 14.0. The van der Waals surface area contributed by atoms with Gasteiger partial charge in [-0.1, -0.05) is 12.1 Å². The molecular formula is C14H13F3O2. The van der Waals surface area contributed by atoms with E-state index in [1.54, 1.807) is 0 Å². The summed E-state index contributed by atoms with van der Waals surface area (Å²) >= 11 is 0. The number of Topliss-reactive ketones (excluding diaryl/α,β-unsaturated/α-hetero) is 2. The summed E-state index contributed by atoms with van der Waals surface area (Å²) in [7, 11) is 0. The van der Waals surface area contributed by atoms with E-state index in [1.807, 2.05) is 0 Å². The maximum absolute atomic E-state index is 12.4. The molecule has 2 rings (SSSR count). The van der Waals surface area contributed by atoms with Gasteiger partial charge in [-0.2, -0.15) is 13.2 Å². The van der Waals surface area contributed by atoms with Crippen molar-refractivity contribution < 1.29 is 22.8 Å². The van der Waals surface area contributed by atoms with E-state index < -0.39 is 11.7 Å². The van der Waals surface area contributed by atoms with Crippen molar-refractivity contribution in [2.75, 3.05) is 0 Å². The Kier molecular flexibility index (Phi) is 3.73. The summed E-state index contributed by atoms with van der Waals surface area (Å²) in [6.45, 7) is 0. The van der Waals surface area contributed by atoms with Crippen molar-refractivity contribution in [3.63, 3.8) is 0 Å².